The first-order chi connectivity index (χ1) is 7.34. The van der Waals surface area contributed by atoms with Crippen LogP contribution in [0.5, 0.6) is 0 Å². The highest BCUT2D eigenvalue weighted by Crippen LogP contribution is 2.10. The van der Waals surface area contributed by atoms with E-state index in [1.807, 2.05) is 0 Å². The third-order valence-electron chi connectivity index (χ3n) is 2.53. The van der Waals surface area contributed by atoms with Crippen molar-refractivity contribution in [1.29, 1.82) is 0 Å². The molecule has 0 aliphatic heterocycles. The van der Waals surface area contributed by atoms with Gasteiger partial charge >= 0.3 is 0 Å². The van der Waals surface area contributed by atoms with Crippen LogP contribution in [0.4, 0.5) is 0 Å². The van der Waals surface area contributed by atoms with Gasteiger partial charge in [-0.15, -0.1) is 0 Å². The van der Waals surface area contributed by atoms with Gasteiger partial charge in [-0.3, -0.25) is 0 Å². The van der Waals surface area contributed by atoms with Gasteiger partial charge in [0, 0.05) is 19.8 Å². The van der Waals surface area contributed by atoms with Crippen molar-refractivity contribution in [2.24, 2.45) is 0 Å². The molecule has 1 rings (SSSR count). The minimum Gasteiger partial charge on any atom is -0.385 e. The molecule has 2 heteroatoms. The molecule has 0 heterocycles. The lowest BCUT2D eigenvalue weighted by molar-refractivity contribution is 0.192. The van der Waals surface area contributed by atoms with Crippen LogP contribution in [0.3, 0.4) is 0 Å². The summed E-state index contributed by atoms with van der Waals surface area (Å²) < 4.78 is 5.01. The number of rotatable bonds is 7. The highest BCUT2D eigenvalue weighted by atomic mass is 16.5. The van der Waals surface area contributed by atoms with Gasteiger partial charge in [-0.05, 0) is 31.9 Å². The largest absolute Gasteiger partial charge is 0.385 e. The van der Waals surface area contributed by atoms with Crippen molar-refractivity contribution in [2.75, 3.05) is 20.3 Å². The van der Waals surface area contributed by atoms with E-state index in [9.17, 15) is 0 Å². The highest BCUT2D eigenvalue weighted by Gasteiger charge is 2.02. The number of benzene rings is 1. The number of unbranched alkanes of at least 4 members (excludes halogenated alkanes) is 1. The Balaban J connectivity index is 2.16. The molecule has 0 saturated heterocycles. The molecule has 15 heavy (non-hydrogen) atoms. The maximum absolute atomic E-state index is 5.01. The van der Waals surface area contributed by atoms with E-state index in [4.69, 9.17) is 4.74 Å². The van der Waals surface area contributed by atoms with Gasteiger partial charge in [-0.25, -0.2) is 0 Å². The third kappa shape index (κ3) is 4.96. The predicted octanol–water partition coefficient (Wildman–Crippen LogP) is 2.76. The van der Waals surface area contributed by atoms with E-state index < -0.39 is 0 Å². The quantitative estimate of drug-likeness (QED) is 0.694. The highest BCUT2D eigenvalue weighted by molar-refractivity contribution is 5.17. The number of hydrogen-bond donors (Lipinski definition) is 1. The molecule has 0 spiro atoms. The molecule has 1 atom stereocenters. The lowest BCUT2D eigenvalue weighted by atomic mass is 10.1. The van der Waals surface area contributed by atoms with E-state index in [1.54, 1.807) is 7.11 Å². The fraction of sp³-hybridized carbons (Fsp3) is 0.538. The van der Waals surface area contributed by atoms with E-state index in [0.29, 0.717) is 6.04 Å². The zero-order valence-electron chi connectivity index (χ0n) is 9.70. The second-order valence-electron chi connectivity index (χ2n) is 3.79. The Hall–Kier alpha value is -0.860. The van der Waals surface area contributed by atoms with Gasteiger partial charge in [0.25, 0.3) is 0 Å². The minimum atomic E-state index is 0.439. The van der Waals surface area contributed by atoms with Gasteiger partial charge in [0.1, 0.15) is 0 Å². The Morgan fingerprint density at radius 3 is 2.60 bits per heavy atom. The van der Waals surface area contributed by atoms with Crippen LogP contribution in [0, 0.1) is 0 Å². The average Bonchev–Trinajstić information content (AvgIpc) is 2.30. The number of methoxy groups -OCH3 is 1. The average molecular weight is 207 g/mol. The van der Waals surface area contributed by atoms with Gasteiger partial charge < -0.3 is 10.1 Å². The molecule has 0 bridgehead atoms. The first-order valence-electron chi connectivity index (χ1n) is 5.62. The standard InChI is InChI=1S/C13H21NO/c1-12(13-8-4-3-5-9-13)14-10-6-7-11-15-2/h3-5,8-9,12,14H,6-7,10-11H2,1-2H3. The summed E-state index contributed by atoms with van der Waals surface area (Å²) in [6, 6.07) is 11.0. The van der Waals surface area contributed by atoms with Crippen molar-refractivity contribution >= 4 is 0 Å². The molecule has 1 N–H and O–H groups in total. The number of ether oxygens (including phenoxy) is 1. The lowest BCUT2D eigenvalue weighted by Gasteiger charge is -2.13. The summed E-state index contributed by atoms with van der Waals surface area (Å²) in [7, 11) is 1.75. The maximum atomic E-state index is 5.01. The number of nitrogens with one attached hydrogen (secondary N) is 1. The Bertz CT molecular complexity index is 248. The topological polar surface area (TPSA) is 21.3 Å². The van der Waals surface area contributed by atoms with E-state index in [0.717, 1.165) is 19.6 Å². The molecule has 0 fully saturated rings. The zero-order valence-corrected chi connectivity index (χ0v) is 9.70. The normalized spacial score (nSPS) is 12.7. The van der Waals surface area contributed by atoms with Crippen LogP contribution in [0.1, 0.15) is 31.4 Å². The fourth-order valence-electron chi connectivity index (χ4n) is 1.55. The van der Waals surface area contributed by atoms with Crippen LogP contribution in [0.15, 0.2) is 30.3 Å². The Labute approximate surface area is 92.6 Å². The summed E-state index contributed by atoms with van der Waals surface area (Å²) in [6.45, 7) is 4.12. The molecule has 0 aromatic heterocycles. The fourth-order valence-corrected chi connectivity index (χ4v) is 1.55. The maximum Gasteiger partial charge on any atom is 0.0462 e. The molecule has 84 valence electrons. The third-order valence-corrected chi connectivity index (χ3v) is 2.53. The van der Waals surface area contributed by atoms with Crippen molar-refractivity contribution in [3.8, 4) is 0 Å². The molecule has 0 aliphatic carbocycles. The van der Waals surface area contributed by atoms with Crippen LogP contribution in [0.2, 0.25) is 0 Å². The van der Waals surface area contributed by atoms with Gasteiger partial charge in [-0.1, -0.05) is 30.3 Å². The van der Waals surface area contributed by atoms with Crippen LogP contribution in [-0.4, -0.2) is 20.3 Å². The zero-order chi connectivity index (χ0) is 10.9. The Kier molecular flexibility index (Phi) is 6.05. The molecule has 0 saturated carbocycles. The van der Waals surface area contributed by atoms with Gasteiger partial charge in [0.15, 0.2) is 0 Å². The lowest BCUT2D eigenvalue weighted by Crippen LogP contribution is -2.20. The van der Waals surface area contributed by atoms with Crippen molar-refractivity contribution in [3.05, 3.63) is 35.9 Å². The summed E-state index contributed by atoms with van der Waals surface area (Å²) in [5.74, 6) is 0. The number of hydrogen-bond acceptors (Lipinski definition) is 2. The van der Waals surface area contributed by atoms with Crippen molar-refractivity contribution in [2.45, 2.75) is 25.8 Å². The Morgan fingerprint density at radius 1 is 1.20 bits per heavy atom. The van der Waals surface area contributed by atoms with Crippen LogP contribution in [0.25, 0.3) is 0 Å². The van der Waals surface area contributed by atoms with E-state index in [-0.39, 0.29) is 0 Å². The summed E-state index contributed by atoms with van der Waals surface area (Å²) in [5, 5.41) is 3.50. The Morgan fingerprint density at radius 2 is 1.93 bits per heavy atom. The van der Waals surface area contributed by atoms with Gasteiger partial charge in [0.2, 0.25) is 0 Å². The first-order valence-corrected chi connectivity index (χ1v) is 5.62. The molecule has 0 amide bonds. The van der Waals surface area contributed by atoms with Gasteiger partial charge in [0.05, 0.1) is 0 Å². The minimum absolute atomic E-state index is 0.439. The van der Waals surface area contributed by atoms with E-state index in [1.165, 1.54) is 12.0 Å². The SMILES string of the molecule is COCCCCNC(C)c1ccccc1. The molecule has 0 radical (unpaired) electrons. The molecule has 1 unspecified atom stereocenters. The summed E-state index contributed by atoms with van der Waals surface area (Å²) in [6.07, 6.45) is 2.30. The van der Waals surface area contributed by atoms with Gasteiger partial charge in [-0.2, -0.15) is 0 Å². The summed E-state index contributed by atoms with van der Waals surface area (Å²) in [4.78, 5) is 0. The second-order valence-corrected chi connectivity index (χ2v) is 3.79. The molecule has 1 aromatic rings. The van der Waals surface area contributed by atoms with Crippen molar-refractivity contribution in [3.63, 3.8) is 0 Å². The van der Waals surface area contributed by atoms with Crippen molar-refractivity contribution < 1.29 is 4.74 Å². The van der Waals surface area contributed by atoms with E-state index in [2.05, 4.69) is 42.6 Å². The molecule has 0 aliphatic rings. The second kappa shape index (κ2) is 7.43. The molecule has 1 aromatic carbocycles. The predicted molar refractivity (Wildman–Crippen MR) is 64.0 cm³/mol. The molecular weight excluding hydrogens is 186 g/mol. The van der Waals surface area contributed by atoms with Crippen LogP contribution in [-0.2, 0) is 4.74 Å². The summed E-state index contributed by atoms with van der Waals surface area (Å²) >= 11 is 0. The van der Waals surface area contributed by atoms with E-state index >= 15 is 0 Å². The molecular formula is C13H21NO. The van der Waals surface area contributed by atoms with Crippen molar-refractivity contribution in [1.82, 2.24) is 5.32 Å². The monoisotopic (exact) mass is 207 g/mol. The van der Waals surface area contributed by atoms with Crippen LogP contribution >= 0.6 is 0 Å². The molecule has 2 nitrogen and oxygen atoms in total. The summed E-state index contributed by atoms with van der Waals surface area (Å²) in [5.41, 5.74) is 1.35. The first kappa shape index (κ1) is 12.2. The van der Waals surface area contributed by atoms with Crippen LogP contribution < -0.4 is 5.32 Å². The smallest absolute Gasteiger partial charge is 0.0462 e.